The van der Waals surface area contributed by atoms with Gasteiger partial charge in [0.05, 0.1) is 40.8 Å². The minimum atomic E-state index is -1.17. The van der Waals surface area contributed by atoms with E-state index in [-0.39, 0.29) is 53.2 Å². The van der Waals surface area contributed by atoms with Gasteiger partial charge in [-0.15, -0.1) is 0 Å². The Kier molecular flexibility index (Phi) is 8.80. The fraction of sp³-hybridized carbons (Fsp3) is 0.758. The molecule has 5 fully saturated rings. The number of ether oxygens (including phenoxy) is 1. The van der Waals surface area contributed by atoms with Gasteiger partial charge in [0.25, 0.3) is 5.91 Å². The van der Waals surface area contributed by atoms with Gasteiger partial charge in [-0.25, -0.2) is 4.39 Å². The third-order valence-corrected chi connectivity index (χ3v) is 12.8. The van der Waals surface area contributed by atoms with Gasteiger partial charge in [0.1, 0.15) is 6.17 Å². The Balaban J connectivity index is 1.12. The Hall–Kier alpha value is -2.04. The Labute approximate surface area is 259 Å². The first-order chi connectivity index (χ1) is 21.0. The fourth-order valence-electron chi connectivity index (χ4n) is 9.16. The van der Waals surface area contributed by atoms with E-state index in [0.29, 0.717) is 36.6 Å². The molecule has 1 N–H and O–H groups in total. The lowest BCUT2D eigenvalue weighted by Crippen LogP contribution is -2.71. The molecule has 0 spiro atoms. The summed E-state index contributed by atoms with van der Waals surface area (Å²) in [5.41, 5.74) is 1.11. The van der Waals surface area contributed by atoms with Crippen molar-refractivity contribution in [1.82, 2.24) is 25.1 Å². The van der Waals surface area contributed by atoms with Gasteiger partial charge in [-0.1, -0.05) is 25.7 Å². The monoisotopic (exact) mass is 611 g/mol. The number of thioether (sulfide) groups is 1. The number of nitrogens with one attached hydrogen (secondary N) is 1. The second-order valence-electron chi connectivity index (χ2n) is 13.8. The molecule has 2 saturated heterocycles. The summed E-state index contributed by atoms with van der Waals surface area (Å²) >= 11 is 1.61. The van der Waals surface area contributed by atoms with Crippen molar-refractivity contribution in [2.45, 2.75) is 112 Å². The molecular formula is C33H46FN5O3S. The standard InChI is InChI=1S/C33H46FN5O3S/c1-38-13-4-7-23(38)8-10-37-33(41)25-19-39-27-15-20-5-2-3-6-21(20)16-28(27)42-31-29(39)24(30(25)40)17-26(34)32(31)43-14-9-22-18-35-11-12-36-22/h11-12,18-21,23-24,26-29,31-32H,2-10,13-17H2,1H3,(H,37,41). The topological polar surface area (TPSA) is 87.7 Å². The second-order valence-corrected chi connectivity index (χ2v) is 15.1. The predicted octanol–water partition coefficient (Wildman–Crippen LogP) is 3.95. The van der Waals surface area contributed by atoms with Crippen LogP contribution in [0.25, 0.3) is 0 Å². The molecule has 10 heteroatoms. The molecule has 3 aliphatic heterocycles. The lowest BCUT2D eigenvalue weighted by atomic mass is 9.65. The summed E-state index contributed by atoms with van der Waals surface area (Å²) in [4.78, 5) is 40.7. The number of morpholine rings is 1. The molecule has 7 rings (SSSR count). The van der Waals surface area contributed by atoms with Gasteiger partial charge in [0.15, 0.2) is 5.78 Å². The highest BCUT2D eigenvalue weighted by molar-refractivity contribution is 8.00. The number of hydrogen-bond donors (Lipinski definition) is 1. The van der Waals surface area contributed by atoms with E-state index in [4.69, 9.17) is 4.74 Å². The number of Topliss-reactive ketones (excluding diaryl/α,β-unsaturated/α-hetero) is 1. The number of ketones is 1. The second kappa shape index (κ2) is 12.8. The first kappa shape index (κ1) is 29.7. The molecule has 3 saturated carbocycles. The fourth-order valence-corrected chi connectivity index (χ4v) is 10.5. The highest BCUT2D eigenvalue weighted by Crippen LogP contribution is 2.51. The van der Waals surface area contributed by atoms with Crippen molar-refractivity contribution in [2.75, 3.05) is 25.9 Å². The highest BCUT2D eigenvalue weighted by atomic mass is 32.2. The zero-order valence-electron chi connectivity index (χ0n) is 25.3. The Morgan fingerprint density at radius 3 is 2.74 bits per heavy atom. The van der Waals surface area contributed by atoms with Gasteiger partial charge in [-0.2, -0.15) is 11.8 Å². The van der Waals surface area contributed by atoms with Crippen molar-refractivity contribution in [3.05, 3.63) is 36.1 Å². The number of rotatable bonds is 8. The maximum atomic E-state index is 16.1. The van der Waals surface area contributed by atoms with E-state index < -0.39 is 12.1 Å². The van der Waals surface area contributed by atoms with Crippen LogP contribution in [0.4, 0.5) is 4.39 Å². The number of aryl methyl sites for hydroxylation is 1. The number of fused-ring (bicyclic) bond motifs is 3. The lowest BCUT2D eigenvalue weighted by molar-refractivity contribution is -0.197. The molecule has 234 valence electrons. The average Bonchev–Trinajstić information content (AvgIpc) is 3.43. The third-order valence-electron chi connectivity index (χ3n) is 11.4. The molecule has 1 aromatic heterocycles. The van der Waals surface area contributed by atoms with Crippen molar-refractivity contribution in [3.8, 4) is 0 Å². The summed E-state index contributed by atoms with van der Waals surface area (Å²) in [6.07, 6.45) is 16.6. The largest absolute Gasteiger partial charge is 0.369 e. The number of halogens is 1. The van der Waals surface area contributed by atoms with Crippen molar-refractivity contribution in [2.24, 2.45) is 17.8 Å². The van der Waals surface area contributed by atoms with Crippen LogP contribution in [0.2, 0.25) is 0 Å². The Morgan fingerprint density at radius 1 is 1.14 bits per heavy atom. The highest BCUT2D eigenvalue weighted by Gasteiger charge is 2.59. The molecule has 0 aromatic carbocycles. The van der Waals surface area contributed by atoms with Crippen LogP contribution < -0.4 is 5.32 Å². The van der Waals surface area contributed by atoms with E-state index in [2.05, 4.69) is 32.1 Å². The van der Waals surface area contributed by atoms with Gasteiger partial charge < -0.3 is 19.9 Å². The summed E-state index contributed by atoms with van der Waals surface area (Å²) in [6.45, 7) is 1.64. The zero-order chi connectivity index (χ0) is 29.5. The number of carbonyl (C=O) groups excluding carboxylic acids is 2. The zero-order valence-corrected chi connectivity index (χ0v) is 26.1. The molecule has 0 bridgehead atoms. The maximum Gasteiger partial charge on any atom is 0.256 e. The quantitative estimate of drug-likeness (QED) is 0.443. The van der Waals surface area contributed by atoms with Crippen LogP contribution in [0.15, 0.2) is 30.4 Å². The maximum absolute atomic E-state index is 16.1. The summed E-state index contributed by atoms with van der Waals surface area (Å²) in [5, 5.41) is 2.70. The number of nitrogens with zero attached hydrogens (tertiary/aromatic N) is 4. The molecule has 3 aliphatic carbocycles. The Bertz CT molecular complexity index is 1200. The van der Waals surface area contributed by atoms with E-state index in [1.807, 2.05) is 6.20 Å². The van der Waals surface area contributed by atoms with Crippen molar-refractivity contribution < 1.29 is 18.7 Å². The van der Waals surface area contributed by atoms with E-state index in [1.165, 1.54) is 32.1 Å². The molecule has 10 unspecified atom stereocenters. The summed E-state index contributed by atoms with van der Waals surface area (Å²) in [6, 6.07) is 0.382. The molecule has 1 aromatic rings. The number of aromatic nitrogens is 2. The van der Waals surface area contributed by atoms with E-state index in [0.717, 1.165) is 37.9 Å². The van der Waals surface area contributed by atoms with Crippen molar-refractivity contribution in [3.63, 3.8) is 0 Å². The van der Waals surface area contributed by atoms with Crippen LogP contribution in [-0.4, -0.2) is 99.1 Å². The minimum Gasteiger partial charge on any atom is -0.369 e. The number of likely N-dealkylation sites (tertiary alicyclic amines) is 1. The lowest BCUT2D eigenvalue weighted by Gasteiger charge is -2.60. The summed E-state index contributed by atoms with van der Waals surface area (Å²) in [5.74, 6) is 0.963. The molecule has 1 amide bonds. The van der Waals surface area contributed by atoms with Gasteiger partial charge in [-0.05, 0) is 69.7 Å². The van der Waals surface area contributed by atoms with Crippen LogP contribution >= 0.6 is 11.8 Å². The van der Waals surface area contributed by atoms with Gasteiger partial charge in [-0.3, -0.25) is 19.6 Å². The number of amides is 1. The van der Waals surface area contributed by atoms with E-state index >= 15 is 4.39 Å². The first-order valence-corrected chi connectivity index (χ1v) is 17.7. The van der Waals surface area contributed by atoms with E-state index in [1.54, 1.807) is 30.4 Å². The van der Waals surface area contributed by atoms with Gasteiger partial charge in [0, 0.05) is 49.7 Å². The number of alkyl halides is 1. The molecule has 6 aliphatic rings. The molecule has 8 nitrogen and oxygen atoms in total. The van der Waals surface area contributed by atoms with E-state index in [9.17, 15) is 9.59 Å². The summed E-state index contributed by atoms with van der Waals surface area (Å²) < 4.78 is 23.0. The van der Waals surface area contributed by atoms with Gasteiger partial charge >= 0.3 is 0 Å². The SMILES string of the molecule is CN1CCCC1CCNC(=O)C1=CN2C3CC4CCCCC4CC3OC3C(SCCc4cnccn4)C(F)CC(C1=O)C32. The van der Waals surface area contributed by atoms with Crippen LogP contribution in [0.1, 0.15) is 69.9 Å². The van der Waals surface area contributed by atoms with Crippen LogP contribution in [0, 0.1) is 17.8 Å². The average molecular weight is 612 g/mol. The van der Waals surface area contributed by atoms with Gasteiger partial charge in [0.2, 0.25) is 0 Å². The normalized spacial score (nSPS) is 39.0. The summed E-state index contributed by atoms with van der Waals surface area (Å²) in [7, 11) is 2.14. The van der Waals surface area contributed by atoms with Crippen LogP contribution in [-0.2, 0) is 20.7 Å². The number of carbonyl (C=O) groups is 2. The molecule has 4 heterocycles. The third kappa shape index (κ3) is 5.88. The van der Waals surface area contributed by atoms with Crippen LogP contribution in [0.3, 0.4) is 0 Å². The smallest absolute Gasteiger partial charge is 0.256 e. The molecule has 10 atom stereocenters. The predicted molar refractivity (Wildman–Crippen MR) is 164 cm³/mol. The molecule has 0 radical (unpaired) electrons. The molecular weight excluding hydrogens is 565 g/mol. The van der Waals surface area contributed by atoms with Crippen molar-refractivity contribution in [1.29, 1.82) is 0 Å². The number of hydrogen-bond acceptors (Lipinski definition) is 8. The first-order valence-electron chi connectivity index (χ1n) is 16.7. The molecule has 43 heavy (non-hydrogen) atoms. The minimum absolute atomic E-state index is 0.00121. The van der Waals surface area contributed by atoms with Crippen LogP contribution in [0.5, 0.6) is 0 Å². The van der Waals surface area contributed by atoms with Crippen molar-refractivity contribution >= 4 is 23.5 Å². The Morgan fingerprint density at radius 2 is 1.98 bits per heavy atom.